The highest BCUT2D eigenvalue weighted by molar-refractivity contribution is 5.88. The van der Waals surface area contributed by atoms with E-state index in [1.54, 1.807) is 25.7 Å². The molecule has 2 rings (SSSR count). The molecule has 0 spiro atoms. The number of rotatable bonds is 4. The van der Waals surface area contributed by atoms with Gasteiger partial charge in [-0.15, -0.1) is 13.2 Å². The van der Waals surface area contributed by atoms with Gasteiger partial charge in [-0.3, -0.25) is 4.90 Å². The lowest BCUT2D eigenvalue weighted by atomic mass is 10.1. The Hall–Kier alpha value is -2.49. The molecule has 10 heteroatoms. The molecule has 1 N–H and O–H groups in total. The van der Waals surface area contributed by atoms with Crippen LogP contribution in [0.2, 0.25) is 0 Å². The number of piperazine rings is 1. The molecule has 0 bridgehead atoms. The minimum atomic E-state index is -4.91. The largest absolute Gasteiger partial charge is 0.573 e. The number of aromatic carboxylic acids is 1. The molecule has 7 nitrogen and oxygen atoms in total. The number of carboxylic acids is 1. The number of halogens is 3. The second-order valence-electron chi connectivity index (χ2n) is 7.46. The fraction of sp³-hybridized carbons (Fsp3) is 0.556. The van der Waals surface area contributed by atoms with Gasteiger partial charge >= 0.3 is 18.4 Å². The Kier molecular flexibility index (Phi) is 6.43. The van der Waals surface area contributed by atoms with E-state index in [1.165, 1.54) is 12.1 Å². The van der Waals surface area contributed by atoms with E-state index in [1.807, 2.05) is 4.90 Å². The van der Waals surface area contributed by atoms with Gasteiger partial charge in [0.2, 0.25) is 0 Å². The van der Waals surface area contributed by atoms with Crippen molar-refractivity contribution in [1.29, 1.82) is 0 Å². The fourth-order valence-electron chi connectivity index (χ4n) is 2.74. The maximum absolute atomic E-state index is 12.5. The van der Waals surface area contributed by atoms with Crippen molar-refractivity contribution in [1.82, 2.24) is 9.80 Å². The Bertz CT molecular complexity index is 723. The standard InChI is InChI=1S/C18H23F3N2O5/c1-17(2,3)28-16(26)23-6-4-22(5-7-23)11-12-8-13(15(24)25)10-14(9-12)27-18(19,20)21/h8-10H,4-7,11H2,1-3H3,(H,24,25). The van der Waals surface area contributed by atoms with Crippen molar-refractivity contribution >= 4 is 12.1 Å². The van der Waals surface area contributed by atoms with Gasteiger partial charge in [0, 0.05) is 32.7 Å². The lowest BCUT2D eigenvalue weighted by Gasteiger charge is -2.35. The third-order valence-electron chi connectivity index (χ3n) is 3.88. The van der Waals surface area contributed by atoms with Gasteiger partial charge in [-0.2, -0.15) is 0 Å². The smallest absolute Gasteiger partial charge is 0.478 e. The highest BCUT2D eigenvalue weighted by Crippen LogP contribution is 2.26. The summed E-state index contributed by atoms with van der Waals surface area (Å²) in [5.41, 5.74) is -0.505. The molecule has 0 unspecified atom stereocenters. The maximum Gasteiger partial charge on any atom is 0.573 e. The number of hydrogen-bond acceptors (Lipinski definition) is 5. The van der Waals surface area contributed by atoms with Gasteiger partial charge < -0.3 is 19.5 Å². The van der Waals surface area contributed by atoms with E-state index in [2.05, 4.69) is 4.74 Å². The maximum atomic E-state index is 12.5. The zero-order valence-electron chi connectivity index (χ0n) is 15.9. The van der Waals surface area contributed by atoms with Gasteiger partial charge in [-0.1, -0.05) is 0 Å². The molecule has 1 aliphatic rings. The molecule has 0 aliphatic carbocycles. The van der Waals surface area contributed by atoms with Crippen LogP contribution in [0.4, 0.5) is 18.0 Å². The monoisotopic (exact) mass is 404 g/mol. The van der Waals surface area contributed by atoms with Crippen LogP contribution in [0.3, 0.4) is 0 Å². The number of benzene rings is 1. The summed E-state index contributed by atoms with van der Waals surface area (Å²) in [6, 6.07) is 3.31. The summed E-state index contributed by atoms with van der Waals surface area (Å²) in [7, 11) is 0. The number of ether oxygens (including phenoxy) is 2. The first-order chi connectivity index (χ1) is 12.8. The van der Waals surface area contributed by atoms with Crippen molar-refractivity contribution in [2.45, 2.75) is 39.3 Å². The first-order valence-corrected chi connectivity index (χ1v) is 8.66. The molecule has 28 heavy (non-hydrogen) atoms. The van der Waals surface area contributed by atoms with E-state index in [0.29, 0.717) is 31.7 Å². The highest BCUT2D eigenvalue weighted by atomic mass is 19.4. The summed E-state index contributed by atoms with van der Waals surface area (Å²) in [5, 5.41) is 9.12. The van der Waals surface area contributed by atoms with Gasteiger partial charge in [0.15, 0.2) is 0 Å². The Morgan fingerprint density at radius 3 is 2.18 bits per heavy atom. The first kappa shape index (κ1) is 21.8. The number of hydrogen-bond donors (Lipinski definition) is 1. The van der Waals surface area contributed by atoms with Gasteiger partial charge in [-0.25, -0.2) is 9.59 Å². The summed E-state index contributed by atoms with van der Waals surface area (Å²) >= 11 is 0. The summed E-state index contributed by atoms with van der Waals surface area (Å²) < 4.78 is 46.6. The van der Waals surface area contributed by atoms with Gasteiger partial charge in [-0.05, 0) is 44.5 Å². The van der Waals surface area contributed by atoms with Crippen LogP contribution >= 0.6 is 0 Å². The fourth-order valence-corrected chi connectivity index (χ4v) is 2.74. The molecule has 0 atom stereocenters. The quantitative estimate of drug-likeness (QED) is 0.829. The van der Waals surface area contributed by atoms with Crippen LogP contribution < -0.4 is 4.74 Å². The summed E-state index contributed by atoms with van der Waals surface area (Å²) in [6.45, 7) is 7.32. The minimum Gasteiger partial charge on any atom is -0.478 e. The van der Waals surface area contributed by atoms with E-state index in [4.69, 9.17) is 9.84 Å². The van der Waals surface area contributed by atoms with Gasteiger partial charge in [0.25, 0.3) is 0 Å². The van der Waals surface area contributed by atoms with Gasteiger partial charge in [0.05, 0.1) is 5.56 Å². The molecule has 1 aromatic carbocycles. The zero-order chi connectivity index (χ0) is 21.1. The molecule has 1 aliphatic heterocycles. The number of carbonyl (C=O) groups excluding carboxylic acids is 1. The minimum absolute atomic E-state index is 0.234. The predicted molar refractivity (Wildman–Crippen MR) is 93.2 cm³/mol. The third kappa shape index (κ3) is 6.91. The lowest BCUT2D eigenvalue weighted by Crippen LogP contribution is -2.49. The Morgan fingerprint density at radius 2 is 1.68 bits per heavy atom. The molecule has 0 saturated carbocycles. The number of carboxylic acid groups (broad SMARTS) is 1. The summed E-state index contributed by atoms with van der Waals surface area (Å²) in [6.07, 6.45) is -5.33. The molecule has 1 saturated heterocycles. The zero-order valence-corrected chi connectivity index (χ0v) is 15.9. The summed E-state index contributed by atoms with van der Waals surface area (Å²) in [4.78, 5) is 26.7. The van der Waals surface area contributed by atoms with E-state index >= 15 is 0 Å². The van der Waals surface area contributed by atoms with E-state index in [-0.39, 0.29) is 12.1 Å². The average molecular weight is 404 g/mol. The van der Waals surface area contributed by atoms with Crippen molar-refractivity contribution in [2.75, 3.05) is 26.2 Å². The Labute approximate surface area is 160 Å². The number of nitrogens with zero attached hydrogens (tertiary/aromatic N) is 2. The van der Waals surface area contributed by atoms with E-state index in [0.717, 1.165) is 6.07 Å². The number of alkyl halides is 3. The lowest BCUT2D eigenvalue weighted by molar-refractivity contribution is -0.274. The predicted octanol–water partition coefficient (Wildman–Crippen LogP) is 3.34. The normalized spacial score (nSPS) is 16.0. The number of amides is 1. The van der Waals surface area contributed by atoms with E-state index < -0.39 is 29.8 Å². The van der Waals surface area contributed by atoms with Crippen LogP contribution in [0.1, 0.15) is 36.7 Å². The molecular formula is C18H23F3N2O5. The third-order valence-corrected chi connectivity index (χ3v) is 3.88. The van der Waals surface area contributed by atoms with Crippen molar-refractivity contribution in [3.63, 3.8) is 0 Å². The van der Waals surface area contributed by atoms with Crippen LogP contribution in [0.25, 0.3) is 0 Å². The second-order valence-corrected chi connectivity index (χ2v) is 7.46. The number of carbonyl (C=O) groups is 2. The van der Waals surface area contributed by atoms with Crippen molar-refractivity contribution in [3.8, 4) is 5.75 Å². The van der Waals surface area contributed by atoms with Crippen LogP contribution in [0, 0.1) is 0 Å². The van der Waals surface area contributed by atoms with Crippen LogP contribution in [-0.4, -0.2) is 65.1 Å². The topological polar surface area (TPSA) is 79.3 Å². The van der Waals surface area contributed by atoms with Crippen molar-refractivity contribution in [3.05, 3.63) is 29.3 Å². The molecule has 156 valence electrons. The van der Waals surface area contributed by atoms with Crippen LogP contribution in [0.15, 0.2) is 18.2 Å². The Balaban J connectivity index is 2.02. The molecule has 1 aromatic rings. The SMILES string of the molecule is CC(C)(C)OC(=O)N1CCN(Cc2cc(OC(F)(F)F)cc(C(=O)O)c2)CC1. The second kappa shape index (κ2) is 8.26. The van der Waals surface area contributed by atoms with Gasteiger partial charge in [0.1, 0.15) is 11.4 Å². The molecule has 1 amide bonds. The summed E-state index contributed by atoms with van der Waals surface area (Å²) in [5.74, 6) is -1.92. The van der Waals surface area contributed by atoms with Crippen LogP contribution in [-0.2, 0) is 11.3 Å². The Morgan fingerprint density at radius 1 is 1.07 bits per heavy atom. The first-order valence-electron chi connectivity index (χ1n) is 8.66. The molecule has 1 fully saturated rings. The van der Waals surface area contributed by atoms with E-state index in [9.17, 15) is 22.8 Å². The molecule has 0 radical (unpaired) electrons. The molecule has 1 heterocycles. The van der Waals surface area contributed by atoms with Crippen molar-refractivity contribution < 1.29 is 37.3 Å². The highest BCUT2D eigenvalue weighted by Gasteiger charge is 2.32. The van der Waals surface area contributed by atoms with Crippen LogP contribution in [0.5, 0.6) is 5.75 Å². The molecular weight excluding hydrogens is 381 g/mol. The van der Waals surface area contributed by atoms with Crippen molar-refractivity contribution in [2.24, 2.45) is 0 Å². The average Bonchev–Trinajstić information content (AvgIpc) is 2.52. The molecule has 0 aromatic heterocycles.